The van der Waals surface area contributed by atoms with Gasteiger partial charge in [0.1, 0.15) is 5.75 Å². The van der Waals surface area contributed by atoms with Crippen molar-refractivity contribution < 1.29 is 9.53 Å². The molecule has 1 aromatic rings. The minimum atomic E-state index is -0.238. The van der Waals surface area contributed by atoms with Crippen molar-refractivity contribution in [2.45, 2.75) is 51.6 Å². The second kappa shape index (κ2) is 5.01. The Morgan fingerprint density at radius 1 is 1.22 bits per heavy atom. The van der Waals surface area contributed by atoms with E-state index in [-0.39, 0.29) is 11.6 Å². The average molecular weight is 247 g/mol. The number of benzene rings is 1. The molecule has 3 nitrogen and oxygen atoms in total. The summed E-state index contributed by atoms with van der Waals surface area (Å²) in [7, 11) is 0. The first-order valence-electron chi connectivity index (χ1n) is 6.54. The molecule has 0 N–H and O–H groups in total. The predicted molar refractivity (Wildman–Crippen MR) is 71.7 cm³/mol. The molecule has 18 heavy (non-hydrogen) atoms. The van der Waals surface area contributed by atoms with Crippen molar-refractivity contribution >= 4 is 6.09 Å². The Hall–Kier alpha value is -1.51. The molecule has 0 atom stereocenters. The maximum absolute atomic E-state index is 12.3. The van der Waals surface area contributed by atoms with Crippen molar-refractivity contribution in [3.8, 4) is 5.75 Å². The first kappa shape index (κ1) is 12.9. The fourth-order valence-electron chi connectivity index (χ4n) is 2.25. The van der Waals surface area contributed by atoms with Crippen LogP contribution in [0.25, 0.3) is 0 Å². The summed E-state index contributed by atoms with van der Waals surface area (Å²) in [5.74, 6) is 0.607. The summed E-state index contributed by atoms with van der Waals surface area (Å²) in [6.07, 6.45) is 3.14. The van der Waals surface area contributed by atoms with Crippen molar-refractivity contribution in [1.29, 1.82) is 0 Å². The zero-order valence-corrected chi connectivity index (χ0v) is 11.3. The number of hydrogen-bond acceptors (Lipinski definition) is 2. The van der Waals surface area contributed by atoms with E-state index >= 15 is 0 Å². The van der Waals surface area contributed by atoms with Crippen molar-refractivity contribution in [2.75, 3.05) is 0 Å². The predicted octanol–water partition coefficient (Wildman–Crippen LogP) is 3.84. The summed E-state index contributed by atoms with van der Waals surface area (Å²) in [6.45, 7) is 6.16. The summed E-state index contributed by atoms with van der Waals surface area (Å²) in [5, 5.41) is 0. The van der Waals surface area contributed by atoms with Gasteiger partial charge in [0.25, 0.3) is 0 Å². The summed E-state index contributed by atoms with van der Waals surface area (Å²) < 4.78 is 5.45. The van der Waals surface area contributed by atoms with Crippen molar-refractivity contribution in [1.82, 2.24) is 4.90 Å². The SMILES string of the molecule is CC(C)(C)N(C(=O)Oc1ccccc1)C1CCC1. The zero-order valence-electron chi connectivity index (χ0n) is 11.3. The van der Waals surface area contributed by atoms with E-state index < -0.39 is 0 Å². The first-order valence-corrected chi connectivity index (χ1v) is 6.54. The third-order valence-electron chi connectivity index (χ3n) is 3.31. The molecule has 1 saturated carbocycles. The molecule has 2 rings (SSSR count). The highest BCUT2D eigenvalue weighted by Crippen LogP contribution is 2.31. The number of carbonyl (C=O) groups excluding carboxylic acids is 1. The van der Waals surface area contributed by atoms with Gasteiger partial charge in [-0.1, -0.05) is 18.2 Å². The van der Waals surface area contributed by atoms with Gasteiger partial charge in [-0.2, -0.15) is 0 Å². The summed E-state index contributed by atoms with van der Waals surface area (Å²) >= 11 is 0. The molecule has 0 radical (unpaired) electrons. The molecule has 0 spiro atoms. The Morgan fingerprint density at radius 3 is 2.28 bits per heavy atom. The minimum absolute atomic E-state index is 0.197. The second-order valence-electron chi connectivity index (χ2n) is 5.81. The molecule has 0 unspecified atom stereocenters. The van der Waals surface area contributed by atoms with Crippen LogP contribution < -0.4 is 4.74 Å². The average Bonchev–Trinajstić information content (AvgIpc) is 2.22. The maximum atomic E-state index is 12.3. The monoisotopic (exact) mass is 247 g/mol. The molecule has 0 aliphatic heterocycles. The fourth-order valence-corrected chi connectivity index (χ4v) is 2.25. The van der Waals surface area contributed by atoms with Gasteiger partial charge in [-0.25, -0.2) is 4.79 Å². The Kier molecular flexibility index (Phi) is 3.60. The van der Waals surface area contributed by atoms with Crippen LogP contribution >= 0.6 is 0 Å². The van der Waals surface area contributed by atoms with Crippen LogP contribution in [0.3, 0.4) is 0 Å². The van der Waals surface area contributed by atoms with Crippen LogP contribution in [0, 0.1) is 0 Å². The lowest BCUT2D eigenvalue weighted by Crippen LogP contribution is -2.55. The fraction of sp³-hybridized carbons (Fsp3) is 0.533. The highest BCUT2D eigenvalue weighted by Gasteiger charge is 2.37. The van der Waals surface area contributed by atoms with Crippen molar-refractivity contribution in [3.05, 3.63) is 30.3 Å². The van der Waals surface area contributed by atoms with Crippen LogP contribution in [0.1, 0.15) is 40.0 Å². The third kappa shape index (κ3) is 2.84. The van der Waals surface area contributed by atoms with E-state index in [1.54, 1.807) is 12.1 Å². The summed E-state index contributed by atoms with van der Waals surface area (Å²) in [5.41, 5.74) is -0.197. The van der Waals surface area contributed by atoms with Crippen molar-refractivity contribution in [2.24, 2.45) is 0 Å². The molecular weight excluding hydrogens is 226 g/mol. The first-order chi connectivity index (χ1) is 8.48. The second-order valence-corrected chi connectivity index (χ2v) is 5.81. The van der Waals surface area contributed by atoms with Gasteiger partial charge in [-0.15, -0.1) is 0 Å². The standard InChI is InChI=1S/C15H21NO2/c1-15(2,3)16(12-8-7-9-12)14(17)18-13-10-5-4-6-11-13/h4-6,10-12H,7-9H2,1-3H3. The minimum Gasteiger partial charge on any atom is -0.410 e. The van der Waals surface area contributed by atoms with Gasteiger partial charge in [0.15, 0.2) is 0 Å². The lowest BCUT2D eigenvalue weighted by atomic mass is 9.88. The molecule has 1 aromatic carbocycles. The number of para-hydroxylation sites is 1. The third-order valence-corrected chi connectivity index (χ3v) is 3.31. The molecule has 1 amide bonds. The number of carbonyl (C=O) groups is 1. The summed E-state index contributed by atoms with van der Waals surface area (Å²) in [6, 6.07) is 9.59. The lowest BCUT2D eigenvalue weighted by Gasteiger charge is -2.44. The lowest BCUT2D eigenvalue weighted by molar-refractivity contribution is 0.0469. The van der Waals surface area contributed by atoms with Gasteiger partial charge in [-0.05, 0) is 52.2 Å². The van der Waals surface area contributed by atoms with Crippen LogP contribution in [0.4, 0.5) is 4.79 Å². The van der Waals surface area contributed by atoms with E-state index in [1.807, 2.05) is 23.1 Å². The van der Waals surface area contributed by atoms with Crippen molar-refractivity contribution in [3.63, 3.8) is 0 Å². The van der Waals surface area contributed by atoms with E-state index in [4.69, 9.17) is 4.74 Å². The van der Waals surface area contributed by atoms with Gasteiger partial charge in [0.2, 0.25) is 0 Å². The van der Waals surface area contributed by atoms with E-state index in [0.717, 1.165) is 12.8 Å². The number of hydrogen-bond donors (Lipinski definition) is 0. The highest BCUT2D eigenvalue weighted by molar-refractivity contribution is 5.72. The largest absolute Gasteiger partial charge is 0.415 e. The van der Waals surface area contributed by atoms with Crippen LogP contribution in [0.2, 0.25) is 0 Å². The quantitative estimate of drug-likeness (QED) is 0.794. The number of rotatable bonds is 2. The topological polar surface area (TPSA) is 29.5 Å². The Balaban J connectivity index is 2.09. The van der Waals surface area contributed by atoms with Crippen LogP contribution in [0.15, 0.2) is 30.3 Å². The van der Waals surface area contributed by atoms with E-state index in [0.29, 0.717) is 11.8 Å². The van der Waals surface area contributed by atoms with E-state index in [2.05, 4.69) is 20.8 Å². The van der Waals surface area contributed by atoms with Crippen LogP contribution in [-0.4, -0.2) is 22.6 Å². The summed E-state index contributed by atoms with van der Waals surface area (Å²) in [4.78, 5) is 14.2. The Bertz CT molecular complexity index is 404. The Morgan fingerprint density at radius 2 is 1.83 bits per heavy atom. The van der Waals surface area contributed by atoms with Crippen LogP contribution in [0.5, 0.6) is 5.75 Å². The molecule has 98 valence electrons. The number of nitrogens with zero attached hydrogens (tertiary/aromatic N) is 1. The number of amides is 1. The zero-order chi connectivity index (χ0) is 13.2. The molecule has 1 fully saturated rings. The molecule has 0 aromatic heterocycles. The molecule has 1 aliphatic rings. The van der Waals surface area contributed by atoms with Crippen LogP contribution in [-0.2, 0) is 0 Å². The molecular formula is C15H21NO2. The number of ether oxygens (including phenoxy) is 1. The molecule has 0 saturated heterocycles. The van der Waals surface area contributed by atoms with Gasteiger partial charge in [-0.3, -0.25) is 0 Å². The smallest absolute Gasteiger partial charge is 0.410 e. The molecule has 0 heterocycles. The maximum Gasteiger partial charge on any atom is 0.415 e. The van der Waals surface area contributed by atoms with Gasteiger partial charge >= 0.3 is 6.09 Å². The van der Waals surface area contributed by atoms with Gasteiger partial charge < -0.3 is 9.64 Å². The van der Waals surface area contributed by atoms with E-state index in [9.17, 15) is 4.79 Å². The molecule has 0 bridgehead atoms. The Labute approximate surface area is 109 Å². The van der Waals surface area contributed by atoms with E-state index in [1.165, 1.54) is 6.42 Å². The normalized spacial score (nSPS) is 15.9. The van der Waals surface area contributed by atoms with Gasteiger partial charge in [0.05, 0.1) is 0 Å². The molecule has 1 aliphatic carbocycles. The highest BCUT2D eigenvalue weighted by atomic mass is 16.6. The van der Waals surface area contributed by atoms with Gasteiger partial charge in [0, 0.05) is 11.6 Å². The molecule has 3 heteroatoms.